The van der Waals surface area contributed by atoms with Gasteiger partial charge in [-0.25, -0.2) is 0 Å². The van der Waals surface area contributed by atoms with Crippen LogP contribution in [0.2, 0.25) is 0 Å². The zero-order valence-electron chi connectivity index (χ0n) is 10.0. The summed E-state index contributed by atoms with van der Waals surface area (Å²) in [5, 5.41) is 6.05. The van der Waals surface area contributed by atoms with E-state index < -0.39 is 0 Å². The number of hydrogen-bond acceptors (Lipinski definition) is 3. The van der Waals surface area contributed by atoms with Gasteiger partial charge in [-0.3, -0.25) is 4.79 Å². The molecule has 92 valence electrons. The summed E-state index contributed by atoms with van der Waals surface area (Å²) >= 11 is 0. The molecule has 1 saturated carbocycles. The molecule has 1 aromatic rings. The summed E-state index contributed by atoms with van der Waals surface area (Å²) in [5.41, 5.74) is 1.11. The van der Waals surface area contributed by atoms with Crippen LogP contribution < -0.4 is 15.4 Å². The summed E-state index contributed by atoms with van der Waals surface area (Å²) in [5.74, 6) is 0.919. The monoisotopic (exact) mass is 234 g/mol. The van der Waals surface area contributed by atoms with E-state index in [1.165, 1.54) is 0 Å². The second-order valence-electron chi connectivity index (χ2n) is 4.30. The van der Waals surface area contributed by atoms with Gasteiger partial charge in [-0.2, -0.15) is 0 Å². The molecule has 1 fully saturated rings. The first kappa shape index (κ1) is 11.9. The highest BCUT2D eigenvalue weighted by molar-refractivity contribution is 5.78. The Morgan fingerprint density at radius 1 is 1.47 bits per heavy atom. The van der Waals surface area contributed by atoms with Crippen molar-refractivity contribution in [2.45, 2.75) is 25.4 Å². The predicted molar refractivity (Wildman–Crippen MR) is 65.9 cm³/mol. The Hall–Kier alpha value is -1.55. The van der Waals surface area contributed by atoms with Gasteiger partial charge in [-0.05, 0) is 30.5 Å². The Morgan fingerprint density at radius 3 is 3.00 bits per heavy atom. The lowest BCUT2D eigenvalue weighted by atomic mass is 10.2. The van der Waals surface area contributed by atoms with Crippen molar-refractivity contribution in [1.29, 1.82) is 0 Å². The van der Waals surface area contributed by atoms with Gasteiger partial charge in [-0.1, -0.05) is 12.1 Å². The smallest absolute Gasteiger partial charge is 0.234 e. The Morgan fingerprint density at radius 2 is 2.29 bits per heavy atom. The molecule has 1 aromatic carbocycles. The molecule has 0 heterocycles. The van der Waals surface area contributed by atoms with Crippen molar-refractivity contribution in [2.75, 3.05) is 13.7 Å². The van der Waals surface area contributed by atoms with E-state index in [9.17, 15) is 4.79 Å². The van der Waals surface area contributed by atoms with E-state index in [4.69, 9.17) is 4.74 Å². The molecule has 2 rings (SSSR count). The highest BCUT2D eigenvalue weighted by Crippen LogP contribution is 2.18. The molecule has 1 aliphatic carbocycles. The van der Waals surface area contributed by atoms with Crippen LogP contribution >= 0.6 is 0 Å². The second-order valence-corrected chi connectivity index (χ2v) is 4.30. The van der Waals surface area contributed by atoms with Gasteiger partial charge >= 0.3 is 0 Å². The Kier molecular flexibility index (Phi) is 3.98. The Labute approximate surface area is 101 Å². The lowest BCUT2D eigenvalue weighted by molar-refractivity contribution is -0.120. The molecule has 4 heteroatoms. The van der Waals surface area contributed by atoms with Gasteiger partial charge in [0.2, 0.25) is 5.91 Å². The van der Waals surface area contributed by atoms with Crippen LogP contribution in [-0.4, -0.2) is 25.6 Å². The summed E-state index contributed by atoms with van der Waals surface area (Å²) < 4.78 is 5.14. The maximum Gasteiger partial charge on any atom is 0.234 e. The molecule has 0 radical (unpaired) electrons. The van der Waals surface area contributed by atoms with Gasteiger partial charge in [-0.15, -0.1) is 0 Å². The van der Waals surface area contributed by atoms with Crippen LogP contribution in [0.1, 0.15) is 18.4 Å². The molecule has 0 bridgehead atoms. The van der Waals surface area contributed by atoms with Crippen molar-refractivity contribution in [1.82, 2.24) is 10.6 Å². The molecule has 0 aromatic heterocycles. The molecule has 0 unspecified atom stereocenters. The number of nitrogens with one attached hydrogen (secondary N) is 2. The van der Waals surface area contributed by atoms with Crippen LogP contribution in [0.25, 0.3) is 0 Å². The van der Waals surface area contributed by atoms with Gasteiger partial charge in [0.05, 0.1) is 13.7 Å². The number of methoxy groups -OCH3 is 1. The summed E-state index contributed by atoms with van der Waals surface area (Å²) in [4.78, 5) is 11.4. The standard InChI is InChI=1S/C13H18N2O2/c1-17-12-4-2-3-10(7-12)8-14-9-13(16)15-11-5-6-11/h2-4,7,11,14H,5-6,8-9H2,1H3,(H,15,16). The van der Waals surface area contributed by atoms with Crippen LogP contribution in [0.3, 0.4) is 0 Å². The summed E-state index contributed by atoms with van der Waals surface area (Å²) in [6, 6.07) is 8.25. The molecule has 2 N–H and O–H groups in total. The number of benzene rings is 1. The maximum atomic E-state index is 11.4. The molecular formula is C13H18N2O2. The van der Waals surface area contributed by atoms with Crippen molar-refractivity contribution in [3.8, 4) is 5.75 Å². The lowest BCUT2D eigenvalue weighted by Gasteiger charge is -2.07. The fraction of sp³-hybridized carbons (Fsp3) is 0.462. The van der Waals surface area contributed by atoms with Gasteiger partial charge < -0.3 is 15.4 Å². The third-order valence-corrected chi connectivity index (χ3v) is 2.69. The van der Waals surface area contributed by atoms with Crippen molar-refractivity contribution < 1.29 is 9.53 Å². The molecular weight excluding hydrogens is 216 g/mol. The van der Waals surface area contributed by atoms with Gasteiger partial charge in [0, 0.05) is 12.6 Å². The van der Waals surface area contributed by atoms with Gasteiger partial charge in [0.1, 0.15) is 5.75 Å². The minimum Gasteiger partial charge on any atom is -0.497 e. The average Bonchev–Trinajstić information content (AvgIpc) is 3.13. The van der Waals surface area contributed by atoms with Crippen LogP contribution in [0, 0.1) is 0 Å². The van der Waals surface area contributed by atoms with Crippen molar-refractivity contribution in [3.05, 3.63) is 29.8 Å². The van der Waals surface area contributed by atoms with Gasteiger partial charge in [0.15, 0.2) is 0 Å². The van der Waals surface area contributed by atoms with E-state index in [1.807, 2.05) is 24.3 Å². The summed E-state index contributed by atoms with van der Waals surface area (Å²) in [6.07, 6.45) is 2.25. The van der Waals surface area contributed by atoms with Crippen LogP contribution in [0.5, 0.6) is 5.75 Å². The average molecular weight is 234 g/mol. The van der Waals surface area contributed by atoms with E-state index in [0.29, 0.717) is 19.1 Å². The molecule has 4 nitrogen and oxygen atoms in total. The van der Waals surface area contributed by atoms with Crippen LogP contribution in [0.15, 0.2) is 24.3 Å². The van der Waals surface area contributed by atoms with Crippen LogP contribution in [0.4, 0.5) is 0 Å². The van der Waals surface area contributed by atoms with E-state index in [-0.39, 0.29) is 5.91 Å². The molecule has 0 saturated heterocycles. The summed E-state index contributed by atoms with van der Waals surface area (Å²) in [6.45, 7) is 1.04. The molecule has 0 atom stereocenters. The normalized spacial score (nSPS) is 14.4. The number of hydrogen-bond donors (Lipinski definition) is 2. The second kappa shape index (κ2) is 5.68. The third-order valence-electron chi connectivity index (χ3n) is 2.69. The van der Waals surface area contributed by atoms with E-state index >= 15 is 0 Å². The first-order valence-corrected chi connectivity index (χ1v) is 5.91. The lowest BCUT2D eigenvalue weighted by Crippen LogP contribution is -2.34. The highest BCUT2D eigenvalue weighted by atomic mass is 16.5. The number of rotatable bonds is 6. The SMILES string of the molecule is COc1cccc(CNCC(=O)NC2CC2)c1. The largest absolute Gasteiger partial charge is 0.497 e. The number of carbonyl (C=O) groups is 1. The topological polar surface area (TPSA) is 50.4 Å². The fourth-order valence-corrected chi connectivity index (χ4v) is 1.61. The Bertz CT molecular complexity index is 389. The number of ether oxygens (including phenoxy) is 1. The predicted octanol–water partition coefficient (Wildman–Crippen LogP) is 1.06. The van der Waals surface area contributed by atoms with Crippen molar-refractivity contribution in [2.24, 2.45) is 0 Å². The number of carbonyl (C=O) groups excluding carboxylic acids is 1. The zero-order valence-corrected chi connectivity index (χ0v) is 10.0. The van der Waals surface area contributed by atoms with E-state index in [1.54, 1.807) is 7.11 Å². The minimum absolute atomic E-state index is 0.0791. The molecule has 17 heavy (non-hydrogen) atoms. The first-order valence-electron chi connectivity index (χ1n) is 5.91. The van der Waals surface area contributed by atoms with Crippen molar-refractivity contribution in [3.63, 3.8) is 0 Å². The van der Waals surface area contributed by atoms with E-state index in [2.05, 4.69) is 10.6 Å². The molecule has 0 aliphatic heterocycles. The zero-order chi connectivity index (χ0) is 12.1. The highest BCUT2D eigenvalue weighted by Gasteiger charge is 2.22. The van der Waals surface area contributed by atoms with Crippen LogP contribution in [-0.2, 0) is 11.3 Å². The van der Waals surface area contributed by atoms with E-state index in [0.717, 1.165) is 24.2 Å². The maximum absolute atomic E-state index is 11.4. The molecule has 0 spiro atoms. The Balaban J connectivity index is 1.71. The molecule has 1 aliphatic rings. The van der Waals surface area contributed by atoms with Gasteiger partial charge in [0.25, 0.3) is 0 Å². The number of amides is 1. The quantitative estimate of drug-likeness (QED) is 0.774. The fourth-order valence-electron chi connectivity index (χ4n) is 1.61. The summed E-state index contributed by atoms with van der Waals surface area (Å²) in [7, 11) is 1.65. The molecule has 1 amide bonds. The first-order chi connectivity index (χ1) is 8.28. The minimum atomic E-state index is 0.0791. The van der Waals surface area contributed by atoms with Crippen molar-refractivity contribution >= 4 is 5.91 Å². The third kappa shape index (κ3) is 4.07.